The minimum Gasteiger partial charge on any atom is -0.250 e. The van der Waals surface area contributed by atoms with Crippen molar-refractivity contribution in [1.82, 2.24) is 14.9 Å². The average Bonchev–Trinajstić information content (AvgIpc) is 2.89. The van der Waals surface area contributed by atoms with Crippen LogP contribution in [-0.2, 0) is 0 Å². The Morgan fingerprint density at radius 3 is 2.83 bits per heavy atom. The Balaban J connectivity index is 2.04. The molecule has 1 aromatic heterocycles. The van der Waals surface area contributed by atoms with Crippen molar-refractivity contribution in [2.75, 3.05) is 0 Å². The third kappa shape index (κ3) is 3.27. The van der Waals surface area contributed by atoms with Crippen molar-refractivity contribution < 1.29 is 4.39 Å². The zero-order chi connectivity index (χ0) is 16.4. The summed E-state index contributed by atoms with van der Waals surface area (Å²) in [6, 6.07) is 12.3. The Labute approximate surface area is 138 Å². The molecule has 1 heterocycles. The maximum absolute atomic E-state index is 13.4. The monoisotopic (exact) mass is 326 g/mol. The van der Waals surface area contributed by atoms with Crippen molar-refractivity contribution in [2.45, 2.75) is 13.8 Å². The van der Waals surface area contributed by atoms with E-state index >= 15 is 0 Å². The van der Waals surface area contributed by atoms with Crippen molar-refractivity contribution in [1.29, 1.82) is 0 Å². The van der Waals surface area contributed by atoms with E-state index < -0.39 is 0 Å². The van der Waals surface area contributed by atoms with Crippen molar-refractivity contribution in [3.8, 4) is 11.4 Å². The highest BCUT2D eigenvalue weighted by Gasteiger charge is 2.08. The number of aryl methyl sites for hydroxylation is 2. The van der Waals surface area contributed by atoms with Gasteiger partial charge in [0.25, 0.3) is 0 Å². The van der Waals surface area contributed by atoms with Gasteiger partial charge in [0.1, 0.15) is 5.82 Å². The fraction of sp³-hybridized carbons (Fsp3) is 0.118. The zero-order valence-corrected chi connectivity index (χ0v) is 13.6. The summed E-state index contributed by atoms with van der Waals surface area (Å²) in [5, 5.41) is 11.3. The SMILES string of the molecule is Cc1ccc(C)c(/C=N\n2c(-c3cccc(F)c3)n[nH]c2=S)c1. The molecule has 23 heavy (non-hydrogen) atoms. The zero-order valence-electron chi connectivity index (χ0n) is 12.7. The van der Waals surface area contributed by atoms with E-state index in [0.717, 1.165) is 16.7 Å². The van der Waals surface area contributed by atoms with Crippen LogP contribution in [0.2, 0.25) is 0 Å². The molecule has 0 amide bonds. The lowest BCUT2D eigenvalue weighted by Gasteiger charge is -2.03. The molecule has 0 unspecified atom stereocenters. The number of H-pyrrole nitrogens is 1. The number of aromatic amines is 1. The van der Waals surface area contributed by atoms with Gasteiger partial charge in [0.05, 0.1) is 6.21 Å². The van der Waals surface area contributed by atoms with Gasteiger partial charge in [0, 0.05) is 5.56 Å². The number of nitrogens with one attached hydrogen (secondary N) is 1. The van der Waals surface area contributed by atoms with Gasteiger partial charge < -0.3 is 0 Å². The molecule has 4 nitrogen and oxygen atoms in total. The molecule has 0 fully saturated rings. The van der Waals surface area contributed by atoms with Crippen molar-refractivity contribution in [3.05, 3.63) is 69.7 Å². The smallest absolute Gasteiger partial charge is 0.216 e. The maximum atomic E-state index is 13.4. The number of hydrogen-bond acceptors (Lipinski definition) is 3. The molecule has 0 spiro atoms. The summed E-state index contributed by atoms with van der Waals surface area (Å²) < 4.78 is 15.3. The minimum absolute atomic E-state index is 0.332. The average molecular weight is 326 g/mol. The summed E-state index contributed by atoms with van der Waals surface area (Å²) in [5.74, 6) is 0.137. The Bertz CT molecular complexity index is 940. The van der Waals surface area contributed by atoms with Crippen LogP contribution in [-0.4, -0.2) is 21.1 Å². The molecule has 1 N–H and O–H groups in total. The Kier molecular flexibility index (Phi) is 4.16. The second-order valence-electron chi connectivity index (χ2n) is 5.28. The number of benzene rings is 2. The summed E-state index contributed by atoms with van der Waals surface area (Å²) >= 11 is 5.22. The lowest BCUT2D eigenvalue weighted by atomic mass is 10.1. The molecule has 2 aromatic carbocycles. The van der Waals surface area contributed by atoms with Crippen molar-refractivity contribution in [2.24, 2.45) is 5.10 Å². The molecule has 0 radical (unpaired) electrons. The summed E-state index contributed by atoms with van der Waals surface area (Å²) in [6.07, 6.45) is 1.73. The van der Waals surface area contributed by atoms with Crippen LogP contribution in [0.5, 0.6) is 0 Å². The van der Waals surface area contributed by atoms with E-state index in [9.17, 15) is 4.39 Å². The van der Waals surface area contributed by atoms with Gasteiger partial charge >= 0.3 is 0 Å². The van der Waals surface area contributed by atoms with Crippen LogP contribution in [0.25, 0.3) is 11.4 Å². The molecular formula is C17H15FN4S. The van der Waals surface area contributed by atoms with Crippen LogP contribution in [0, 0.1) is 24.4 Å². The van der Waals surface area contributed by atoms with Crippen LogP contribution in [0.1, 0.15) is 16.7 Å². The van der Waals surface area contributed by atoms with Gasteiger partial charge in [-0.2, -0.15) is 14.9 Å². The normalized spacial score (nSPS) is 11.3. The van der Waals surface area contributed by atoms with Gasteiger partial charge in [-0.3, -0.25) is 0 Å². The van der Waals surface area contributed by atoms with Crippen LogP contribution < -0.4 is 0 Å². The quantitative estimate of drug-likeness (QED) is 0.578. The second-order valence-corrected chi connectivity index (χ2v) is 5.67. The lowest BCUT2D eigenvalue weighted by Crippen LogP contribution is -1.96. The number of hydrogen-bond donors (Lipinski definition) is 1. The predicted octanol–water partition coefficient (Wildman–Crippen LogP) is 4.25. The molecule has 116 valence electrons. The highest BCUT2D eigenvalue weighted by Crippen LogP contribution is 2.18. The number of halogens is 1. The Morgan fingerprint density at radius 1 is 1.22 bits per heavy atom. The van der Waals surface area contributed by atoms with E-state index in [0.29, 0.717) is 16.2 Å². The molecule has 3 rings (SSSR count). The number of rotatable bonds is 3. The predicted molar refractivity (Wildman–Crippen MR) is 91.7 cm³/mol. The fourth-order valence-corrected chi connectivity index (χ4v) is 2.41. The first-order valence-corrected chi connectivity index (χ1v) is 7.50. The van der Waals surface area contributed by atoms with Gasteiger partial charge in [0.2, 0.25) is 4.77 Å². The lowest BCUT2D eigenvalue weighted by molar-refractivity contribution is 0.628. The molecule has 0 aliphatic heterocycles. The van der Waals surface area contributed by atoms with E-state index in [2.05, 4.69) is 15.3 Å². The van der Waals surface area contributed by atoms with E-state index in [1.807, 2.05) is 32.0 Å². The highest BCUT2D eigenvalue weighted by atomic mass is 32.1. The molecule has 0 bridgehead atoms. The Morgan fingerprint density at radius 2 is 2.04 bits per heavy atom. The van der Waals surface area contributed by atoms with Gasteiger partial charge in [0.15, 0.2) is 5.82 Å². The molecule has 6 heteroatoms. The summed E-state index contributed by atoms with van der Waals surface area (Å²) in [7, 11) is 0. The van der Waals surface area contributed by atoms with E-state index in [1.54, 1.807) is 18.3 Å². The number of aromatic nitrogens is 3. The maximum Gasteiger partial charge on any atom is 0.216 e. The molecule has 0 saturated carbocycles. The molecule has 0 saturated heterocycles. The molecule has 0 aliphatic rings. The molecule has 0 aliphatic carbocycles. The first-order chi connectivity index (χ1) is 11.0. The van der Waals surface area contributed by atoms with Crippen molar-refractivity contribution >= 4 is 18.4 Å². The van der Waals surface area contributed by atoms with Crippen LogP contribution in [0.3, 0.4) is 0 Å². The largest absolute Gasteiger partial charge is 0.250 e. The summed E-state index contributed by atoms with van der Waals surface area (Å²) in [4.78, 5) is 0. The standard InChI is InChI=1S/C17H15FN4S/c1-11-6-7-12(2)14(8-11)10-19-22-16(20-21-17(22)23)13-4-3-5-15(18)9-13/h3-10H,1-2H3,(H,21,23)/b19-10-. The summed E-state index contributed by atoms with van der Waals surface area (Å²) in [5.41, 5.74) is 3.87. The molecular weight excluding hydrogens is 311 g/mol. The molecule has 3 aromatic rings. The van der Waals surface area contributed by atoms with Gasteiger partial charge in [-0.05, 0) is 49.3 Å². The summed E-state index contributed by atoms with van der Waals surface area (Å²) in [6.45, 7) is 4.04. The van der Waals surface area contributed by atoms with Gasteiger partial charge in [-0.15, -0.1) is 0 Å². The topological polar surface area (TPSA) is 46.0 Å². The van der Waals surface area contributed by atoms with Crippen molar-refractivity contribution in [3.63, 3.8) is 0 Å². The highest BCUT2D eigenvalue weighted by molar-refractivity contribution is 7.71. The van der Waals surface area contributed by atoms with Crippen LogP contribution in [0.4, 0.5) is 4.39 Å². The van der Waals surface area contributed by atoms with E-state index in [4.69, 9.17) is 12.2 Å². The van der Waals surface area contributed by atoms with E-state index in [1.165, 1.54) is 16.8 Å². The first-order valence-electron chi connectivity index (χ1n) is 7.09. The van der Waals surface area contributed by atoms with Crippen LogP contribution in [0.15, 0.2) is 47.6 Å². The van der Waals surface area contributed by atoms with E-state index in [-0.39, 0.29) is 5.82 Å². The Hall–Kier alpha value is -2.60. The van der Waals surface area contributed by atoms with Gasteiger partial charge in [-0.1, -0.05) is 35.9 Å². The molecule has 0 atom stereocenters. The fourth-order valence-electron chi connectivity index (χ4n) is 2.23. The van der Waals surface area contributed by atoms with Gasteiger partial charge in [-0.25, -0.2) is 9.49 Å². The third-order valence-electron chi connectivity index (χ3n) is 3.48. The third-order valence-corrected chi connectivity index (χ3v) is 3.74. The van der Waals surface area contributed by atoms with Crippen LogP contribution >= 0.6 is 12.2 Å². The first kappa shape index (κ1) is 15.3. The number of nitrogens with zero attached hydrogens (tertiary/aromatic N) is 3. The minimum atomic E-state index is -0.332. The second kappa shape index (κ2) is 6.26.